The Balaban J connectivity index is 1.07. The Morgan fingerprint density at radius 3 is 1.19 bits per heavy atom. The Labute approximate surface area is 408 Å². The number of nitrogens with zero attached hydrogens (tertiary/aromatic N) is 1. The first-order valence-corrected chi connectivity index (χ1v) is 24.2. The first-order valence-electron chi connectivity index (χ1n) is 24.2. The van der Waals surface area contributed by atoms with E-state index in [2.05, 4.69) is 272 Å². The minimum Gasteiger partial charge on any atom is -0.456 e. The third-order valence-electron chi connectivity index (χ3n) is 15.2. The maximum atomic E-state index is 6.37. The molecule has 0 atom stereocenters. The molecule has 11 aromatic carbocycles. The van der Waals surface area contributed by atoms with Crippen LogP contribution in [0.25, 0.3) is 55.3 Å². The van der Waals surface area contributed by atoms with Crippen LogP contribution in [0.3, 0.4) is 0 Å². The van der Waals surface area contributed by atoms with Gasteiger partial charge in [0.15, 0.2) is 0 Å². The number of anilines is 3. The lowest BCUT2D eigenvalue weighted by atomic mass is 9.67. The van der Waals surface area contributed by atoms with Gasteiger partial charge in [-0.15, -0.1) is 0 Å². The monoisotopic (exact) mass is 891 g/mol. The number of hydrogen-bond acceptors (Lipinski definition) is 2. The quantitative estimate of drug-likeness (QED) is 0.151. The number of fused-ring (bicyclic) bond motifs is 9. The molecule has 0 radical (unpaired) electrons. The van der Waals surface area contributed by atoms with Gasteiger partial charge in [0.25, 0.3) is 0 Å². The number of hydrogen-bond donors (Lipinski definition) is 0. The normalized spacial score (nSPS) is 13.7. The molecule has 1 aromatic heterocycles. The van der Waals surface area contributed by atoms with E-state index in [1.807, 2.05) is 6.07 Å². The van der Waals surface area contributed by atoms with Crippen molar-refractivity contribution in [1.82, 2.24) is 0 Å². The van der Waals surface area contributed by atoms with Crippen LogP contribution in [-0.2, 0) is 10.8 Å². The molecule has 0 saturated heterocycles. The molecule has 70 heavy (non-hydrogen) atoms. The zero-order chi connectivity index (χ0) is 46.2. The van der Waals surface area contributed by atoms with Gasteiger partial charge in [-0.25, -0.2) is 0 Å². The molecular weight excluding hydrogens is 847 g/mol. The van der Waals surface area contributed by atoms with Gasteiger partial charge in [0.2, 0.25) is 0 Å². The Kier molecular flexibility index (Phi) is 9.06. The van der Waals surface area contributed by atoms with Crippen molar-refractivity contribution < 1.29 is 4.42 Å². The predicted molar refractivity (Wildman–Crippen MR) is 288 cm³/mol. The third kappa shape index (κ3) is 5.74. The molecule has 2 aliphatic carbocycles. The highest BCUT2D eigenvalue weighted by atomic mass is 16.3. The lowest BCUT2D eigenvalue weighted by Gasteiger charge is -2.36. The molecule has 0 bridgehead atoms. The molecular formula is C68H45NO. The maximum absolute atomic E-state index is 6.37. The molecule has 1 heterocycles. The molecule has 0 aliphatic heterocycles. The van der Waals surface area contributed by atoms with Crippen molar-refractivity contribution in [3.63, 3.8) is 0 Å². The summed E-state index contributed by atoms with van der Waals surface area (Å²) in [6.45, 7) is 0. The van der Waals surface area contributed by atoms with E-state index >= 15 is 0 Å². The van der Waals surface area contributed by atoms with E-state index in [1.165, 1.54) is 66.8 Å². The summed E-state index contributed by atoms with van der Waals surface area (Å²) in [6, 6.07) is 101. The molecule has 14 rings (SSSR count). The van der Waals surface area contributed by atoms with Crippen LogP contribution in [0.5, 0.6) is 0 Å². The van der Waals surface area contributed by atoms with Gasteiger partial charge in [0.05, 0.1) is 16.5 Å². The van der Waals surface area contributed by atoms with Crippen LogP contribution in [-0.4, -0.2) is 0 Å². The van der Waals surface area contributed by atoms with Crippen molar-refractivity contribution in [2.75, 3.05) is 4.90 Å². The summed E-state index contributed by atoms with van der Waals surface area (Å²) in [5.41, 5.74) is 21.2. The summed E-state index contributed by atoms with van der Waals surface area (Å²) in [4.78, 5) is 2.51. The smallest absolute Gasteiger partial charge is 0.135 e. The average molecular weight is 892 g/mol. The SMILES string of the molecule is c1ccc(C2(c3ccccc3)c3ccccc3-c3ccc(N(c4ccc5c(c4)C(c4ccccc4)(c4ccccc4)c4ccccc4-5)c4ccccc4-c4ccc5oc6ccccc6c5c4)cc32)cc1. The van der Waals surface area contributed by atoms with Crippen molar-refractivity contribution >= 4 is 39.0 Å². The fourth-order valence-electron chi connectivity index (χ4n) is 12.4. The van der Waals surface area contributed by atoms with Crippen LogP contribution in [0, 0.1) is 0 Å². The summed E-state index contributed by atoms with van der Waals surface area (Å²) in [6.07, 6.45) is 0. The molecule has 2 nitrogen and oxygen atoms in total. The lowest BCUT2D eigenvalue weighted by Crippen LogP contribution is -2.29. The van der Waals surface area contributed by atoms with Gasteiger partial charge in [0, 0.05) is 27.7 Å². The van der Waals surface area contributed by atoms with E-state index in [0.717, 1.165) is 50.1 Å². The van der Waals surface area contributed by atoms with E-state index in [-0.39, 0.29) is 0 Å². The topological polar surface area (TPSA) is 16.4 Å². The maximum Gasteiger partial charge on any atom is 0.135 e. The van der Waals surface area contributed by atoms with Crippen LogP contribution in [0.4, 0.5) is 17.1 Å². The highest BCUT2D eigenvalue weighted by molar-refractivity contribution is 6.07. The Morgan fingerprint density at radius 1 is 0.271 bits per heavy atom. The molecule has 0 spiro atoms. The zero-order valence-electron chi connectivity index (χ0n) is 38.3. The van der Waals surface area contributed by atoms with Crippen LogP contribution in [0.1, 0.15) is 44.5 Å². The number of rotatable bonds is 8. The van der Waals surface area contributed by atoms with Crippen LogP contribution >= 0.6 is 0 Å². The number of furan rings is 1. The van der Waals surface area contributed by atoms with Crippen molar-refractivity contribution in [1.29, 1.82) is 0 Å². The molecule has 0 fully saturated rings. The second-order valence-electron chi connectivity index (χ2n) is 18.7. The van der Waals surface area contributed by atoms with Gasteiger partial charge < -0.3 is 9.32 Å². The Hall–Kier alpha value is -8.98. The lowest BCUT2D eigenvalue weighted by molar-refractivity contribution is 0.669. The van der Waals surface area contributed by atoms with Gasteiger partial charge in [-0.1, -0.05) is 224 Å². The minimum absolute atomic E-state index is 0.571. The van der Waals surface area contributed by atoms with E-state index < -0.39 is 10.8 Å². The van der Waals surface area contributed by atoms with Gasteiger partial charge in [-0.3, -0.25) is 0 Å². The second kappa shape index (κ2) is 15.8. The zero-order valence-corrected chi connectivity index (χ0v) is 38.3. The Morgan fingerprint density at radius 2 is 0.671 bits per heavy atom. The molecule has 0 saturated carbocycles. The van der Waals surface area contributed by atoms with Gasteiger partial charge in [0.1, 0.15) is 11.2 Å². The van der Waals surface area contributed by atoms with Gasteiger partial charge >= 0.3 is 0 Å². The van der Waals surface area contributed by atoms with Crippen LogP contribution in [0.15, 0.2) is 277 Å². The molecule has 2 aliphatic rings. The highest BCUT2D eigenvalue weighted by Gasteiger charge is 2.48. The van der Waals surface area contributed by atoms with E-state index in [4.69, 9.17) is 4.42 Å². The first-order chi connectivity index (χ1) is 34.7. The summed E-state index contributed by atoms with van der Waals surface area (Å²) >= 11 is 0. The van der Waals surface area contributed by atoms with Crippen molar-refractivity contribution in [3.05, 3.63) is 317 Å². The fourth-order valence-corrected chi connectivity index (χ4v) is 12.4. The van der Waals surface area contributed by atoms with E-state index in [0.29, 0.717) is 0 Å². The molecule has 0 N–H and O–H groups in total. The number of para-hydroxylation sites is 2. The fraction of sp³-hybridized carbons (Fsp3) is 0.0294. The van der Waals surface area contributed by atoms with Gasteiger partial charge in [-0.2, -0.15) is 0 Å². The summed E-state index contributed by atoms with van der Waals surface area (Å²) in [5, 5.41) is 2.22. The van der Waals surface area contributed by atoms with Crippen LogP contribution in [0.2, 0.25) is 0 Å². The third-order valence-corrected chi connectivity index (χ3v) is 15.2. The molecule has 328 valence electrons. The molecule has 2 heteroatoms. The standard InChI is InChI=1S/C68H45NO/c1-5-21-47(22-6-1)67(48-23-7-2-8-24-48)60-33-17-13-30-54(60)56-40-38-51(44-62(56)67)69(64-35-19-15-29-53(64)46-37-42-66-59(43-46)58-32-16-20-36-65(58)70-66)52-39-41-57-55-31-14-18-34-61(55)68(63(57)45-52,49-25-9-3-10-26-49)50-27-11-4-12-28-50/h1-45H. The number of benzene rings is 11. The second-order valence-corrected chi connectivity index (χ2v) is 18.7. The first kappa shape index (κ1) is 40.1. The summed E-state index contributed by atoms with van der Waals surface area (Å²) in [5.74, 6) is 0. The summed E-state index contributed by atoms with van der Waals surface area (Å²) < 4.78 is 6.37. The van der Waals surface area contributed by atoms with Crippen molar-refractivity contribution in [3.8, 4) is 33.4 Å². The summed E-state index contributed by atoms with van der Waals surface area (Å²) in [7, 11) is 0. The highest BCUT2D eigenvalue weighted by Crippen LogP contribution is 2.60. The van der Waals surface area contributed by atoms with Crippen LogP contribution < -0.4 is 4.90 Å². The minimum atomic E-state index is -0.571. The molecule has 0 amide bonds. The van der Waals surface area contributed by atoms with Gasteiger partial charge in [-0.05, 0) is 121 Å². The van der Waals surface area contributed by atoms with E-state index in [1.54, 1.807) is 0 Å². The molecule has 0 unspecified atom stereocenters. The predicted octanol–water partition coefficient (Wildman–Crippen LogP) is 17.4. The largest absolute Gasteiger partial charge is 0.456 e. The Bertz CT molecular complexity index is 3690. The molecule has 12 aromatic rings. The van der Waals surface area contributed by atoms with Crippen molar-refractivity contribution in [2.24, 2.45) is 0 Å². The average Bonchev–Trinajstić information content (AvgIpc) is 4.06. The van der Waals surface area contributed by atoms with Crippen molar-refractivity contribution in [2.45, 2.75) is 10.8 Å². The van der Waals surface area contributed by atoms with E-state index in [9.17, 15) is 0 Å².